The van der Waals surface area contributed by atoms with Gasteiger partial charge in [0, 0.05) is 21.0 Å². The average Bonchev–Trinajstić information content (AvgIpc) is 3.36. The van der Waals surface area contributed by atoms with E-state index in [0.717, 1.165) is 11.3 Å². The lowest BCUT2D eigenvalue weighted by Gasteiger charge is -2.04. The molecule has 4 rings (SSSR count). The molecule has 0 spiro atoms. The monoisotopic (exact) mass is 492 g/mol. The van der Waals surface area contributed by atoms with Crippen LogP contribution in [0.1, 0.15) is 5.76 Å². The molecule has 11 heteroatoms. The van der Waals surface area contributed by atoms with Crippen LogP contribution >= 0.6 is 46.1 Å². The van der Waals surface area contributed by atoms with Gasteiger partial charge in [-0.05, 0) is 36.4 Å². The first-order valence-corrected chi connectivity index (χ1v) is 10.7. The van der Waals surface area contributed by atoms with Crippen molar-refractivity contribution >= 4 is 63.9 Å². The number of nitro groups is 1. The van der Waals surface area contributed by atoms with Crippen LogP contribution in [-0.4, -0.2) is 15.8 Å². The second-order valence-electron chi connectivity index (χ2n) is 6.11. The van der Waals surface area contributed by atoms with Crippen LogP contribution in [0, 0.1) is 10.1 Å². The summed E-state index contributed by atoms with van der Waals surface area (Å²) in [5.41, 5.74) is 2.11. The highest BCUT2D eigenvalue weighted by Gasteiger charge is 2.12. The number of rotatable bonds is 5. The van der Waals surface area contributed by atoms with Crippen molar-refractivity contribution in [3.8, 4) is 11.3 Å². The average molecular weight is 494 g/mol. The summed E-state index contributed by atoms with van der Waals surface area (Å²) in [6.07, 6.45) is 1.38. The Labute approximate surface area is 194 Å². The van der Waals surface area contributed by atoms with Crippen molar-refractivity contribution in [2.45, 2.75) is 0 Å². The van der Waals surface area contributed by atoms with Crippen molar-refractivity contribution in [2.75, 3.05) is 0 Å². The molecule has 0 aliphatic heterocycles. The third kappa shape index (κ3) is 4.88. The van der Waals surface area contributed by atoms with Crippen LogP contribution in [0.5, 0.6) is 0 Å². The van der Waals surface area contributed by atoms with Gasteiger partial charge in [0.1, 0.15) is 4.92 Å². The molecule has 2 aromatic heterocycles. The van der Waals surface area contributed by atoms with Crippen LogP contribution in [0.15, 0.2) is 74.5 Å². The quantitative estimate of drug-likeness (QED) is 0.174. The Morgan fingerprint density at radius 3 is 2.45 bits per heavy atom. The first-order chi connectivity index (χ1) is 14.9. The summed E-state index contributed by atoms with van der Waals surface area (Å²) in [5.74, 6) is -0.143. The largest absolute Gasteiger partial charge is 0.433 e. The van der Waals surface area contributed by atoms with E-state index in [1.54, 1.807) is 35.0 Å². The van der Waals surface area contributed by atoms with Crippen molar-refractivity contribution in [1.29, 1.82) is 0 Å². The van der Waals surface area contributed by atoms with Crippen LogP contribution in [-0.2, 0) is 0 Å². The molecule has 0 atom stereocenters. The van der Waals surface area contributed by atoms with Crippen LogP contribution in [0.25, 0.3) is 11.3 Å². The molecule has 156 valence electrons. The van der Waals surface area contributed by atoms with E-state index in [1.165, 1.54) is 29.7 Å². The maximum Gasteiger partial charge on any atom is 0.433 e. The van der Waals surface area contributed by atoms with Gasteiger partial charge in [0.2, 0.25) is 4.80 Å². The minimum Gasteiger partial charge on any atom is -0.400 e. The first-order valence-electron chi connectivity index (χ1n) is 8.65. The van der Waals surface area contributed by atoms with Gasteiger partial charge < -0.3 is 4.42 Å². The summed E-state index contributed by atoms with van der Waals surface area (Å²) in [4.78, 5) is 15.4. The maximum absolute atomic E-state index is 10.8. The predicted molar refractivity (Wildman–Crippen MR) is 123 cm³/mol. The summed E-state index contributed by atoms with van der Waals surface area (Å²) in [5, 5.41) is 18.7. The molecular formula is C20H11Cl3N4O3S. The van der Waals surface area contributed by atoms with Crippen LogP contribution in [0.3, 0.4) is 0 Å². The number of thiazole rings is 1. The number of hydrogen-bond acceptors (Lipinski definition) is 6. The Kier molecular flexibility index (Phi) is 6.24. The highest BCUT2D eigenvalue weighted by Crippen LogP contribution is 2.28. The molecule has 7 nitrogen and oxygen atoms in total. The van der Waals surface area contributed by atoms with E-state index >= 15 is 0 Å². The van der Waals surface area contributed by atoms with Gasteiger partial charge in [-0.3, -0.25) is 10.1 Å². The number of aromatic nitrogens is 1. The fourth-order valence-electron chi connectivity index (χ4n) is 2.61. The van der Waals surface area contributed by atoms with E-state index in [1.807, 2.05) is 17.5 Å². The zero-order valence-corrected chi connectivity index (χ0v) is 18.5. The molecule has 0 aliphatic rings. The Bertz CT molecular complexity index is 1360. The second kappa shape index (κ2) is 9.07. The van der Waals surface area contributed by atoms with Crippen molar-refractivity contribution in [3.63, 3.8) is 0 Å². The lowest BCUT2D eigenvalue weighted by Crippen LogP contribution is -2.11. The van der Waals surface area contributed by atoms with Gasteiger partial charge in [0.25, 0.3) is 0 Å². The third-order valence-electron chi connectivity index (χ3n) is 4.04. The van der Waals surface area contributed by atoms with Gasteiger partial charge in [-0.25, -0.2) is 9.67 Å². The van der Waals surface area contributed by atoms with Crippen LogP contribution in [0.4, 0.5) is 11.6 Å². The molecule has 0 radical (unpaired) electrons. The standard InChI is InChI=1S/C20H11Cl3N4O3S/c21-13-3-1-12(2-4-13)18-11-31-20(25-17-7-5-14(22)9-16(17)23)26(18)24-10-15-6-8-19(30-15)27(28)29/h1-11H. The van der Waals surface area contributed by atoms with Gasteiger partial charge >= 0.3 is 5.88 Å². The Morgan fingerprint density at radius 1 is 1.03 bits per heavy atom. The topological polar surface area (TPSA) is 85.9 Å². The molecule has 31 heavy (non-hydrogen) atoms. The van der Waals surface area contributed by atoms with E-state index in [-0.39, 0.29) is 11.6 Å². The predicted octanol–water partition coefficient (Wildman–Crippen LogP) is 6.79. The molecule has 0 unspecified atom stereocenters. The minimum absolute atomic E-state index is 0.225. The van der Waals surface area contributed by atoms with Gasteiger partial charge in [0.05, 0.1) is 28.7 Å². The van der Waals surface area contributed by atoms with E-state index in [9.17, 15) is 10.1 Å². The Balaban J connectivity index is 1.83. The second-order valence-corrected chi connectivity index (χ2v) is 8.22. The highest BCUT2D eigenvalue weighted by molar-refractivity contribution is 7.07. The van der Waals surface area contributed by atoms with Crippen LogP contribution < -0.4 is 4.80 Å². The lowest BCUT2D eigenvalue weighted by atomic mass is 10.2. The smallest absolute Gasteiger partial charge is 0.400 e. The number of benzene rings is 2. The van der Waals surface area contributed by atoms with Crippen molar-refractivity contribution in [3.05, 3.63) is 95.7 Å². The zero-order chi connectivity index (χ0) is 22.0. The molecular weight excluding hydrogens is 483 g/mol. The Morgan fingerprint density at radius 2 is 1.77 bits per heavy atom. The molecule has 0 aliphatic carbocycles. The fourth-order valence-corrected chi connectivity index (χ4v) is 4.03. The van der Waals surface area contributed by atoms with Crippen molar-refractivity contribution < 1.29 is 9.34 Å². The van der Waals surface area contributed by atoms with Gasteiger partial charge in [-0.1, -0.05) is 46.9 Å². The minimum atomic E-state index is -0.614. The third-order valence-corrected chi connectivity index (χ3v) is 5.65. The van der Waals surface area contributed by atoms with Crippen molar-refractivity contribution in [1.82, 2.24) is 4.68 Å². The number of halogens is 3. The summed E-state index contributed by atoms with van der Waals surface area (Å²) in [6, 6.07) is 15.0. The summed E-state index contributed by atoms with van der Waals surface area (Å²) in [6.45, 7) is 0. The van der Waals surface area contributed by atoms with Gasteiger partial charge in [0.15, 0.2) is 5.76 Å². The summed E-state index contributed by atoms with van der Waals surface area (Å²) < 4.78 is 6.74. The van der Waals surface area contributed by atoms with Gasteiger partial charge in [-0.15, -0.1) is 11.3 Å². The van der Waals surface area contributed by atoms with E-state index in [4.69, 9.17) is 39.2 Å². The molecule has 0 saturated carbocycles. The maximum atomic E-state index is 10.8. The number of furan rings is 1. The highest BCUT2D eigenvalue weighted by atomic mass is 35.5. The van der Waals surface area contributed by atoms with Gasteiger partial charge in [-0.2, -0.15) is 5.10 Å². The van der Waals surface area contributed by atoms with Crippen LogP contribution in [0.2, 0.25) is 15.1 Å². The molecule has 4 aromatic rings. The van der Waals surface area contributed by atoms with E-state index in [0.29, 0.717) is 25.6 Å². The number of nitrogens with zero attached hydrogens (tertiary/aromatic N) is 4. The summed E-state index contributed by atoms with van der Waals surface area (Å²) >= 11 is 19.6. The molecule has 0 amide bonds. The normalized spacial score (nSPS) is 12.0. The molecule has 0 bridgehead atoms. The van der Waals surface area contributed by atoms with E-state index in [2.05, 4.69) is 10.1 Å². The van der Waals surface area contributed by atoms with Crippen molar-refractivity contribution in [2.24, 2.45) is 10.1 Å². The molecule has 0 N–H and O–H groups in total. The number of hydrogen-bond donors (Lipinski definition) is 0. The zero-order valence-electron chi connectivity index (χ0n) is 15.4. The SMILES string of the molecule is O=[N+]([O-])c1ccc(C=Nn2c(-c3ccc(Cl)cc3)csc2=Nc2ccc(Cl)cc2Cl)o1. The Hall–Kier alpha value is -2.91. The molecule has 2 heterocycles. The lowest BCUT2D eigenvalue weighted by molar-refractivity contribution is -0.402. The molecule has 0 saturated heterocycles. The molecule has 0 fully saturated rings. The van der Waals surface area contributed by atoms with E-state index < -0.39 is 4.92 Å². The molecule has 2 aromatic carbocycles. The first kappa shape index (κ1) is 21.3. The fraction of sp³-hybridized carbons (Fsp3) is 0. The summed E-state index contributed by atoms with van der Waals surface area (Å²) in [7, 11) is 0.